The van der Waals surface area contributed by atoms with E-state index in [1.54, 1.807) is 0 Å². The molecule has 1 aromatic carbocycles. The minimum Gasteiger partial charge on any atom is -0.381 e. The SMILES string of the molecule is C=C(C(=O)N[C@@H](CCN1C2CC3(CN(CC4CCOCC4)C(=O)N3C(C)C)CC21CC)c1ccccc1)C(F)(F)F. The topological polar surface area (TPSA) is 64.9 Å². The Kier molecular flexibility index (Phi) is 8.20. The smallest absolute Gasteiger partial charge is 0.381 e. The van der Waals surface area contributed by atoms with Crippen LogP contribution in [0.2, 0.25) is 0 Å². The molecule has 3 aliphatic heterocycles. The molecule has 4 unspecified atom stereocenters. The lowest BCUT2D eigenvalue weighted by Gasteiger charge is -2.40. The van der Waals surface area contributed by atoms with E-state index in [0.717, 1.165) is 64.0 Å². The van der Waals surface area contributed by atoms with Crippen molar-refractivity contribution in [2.75, 3.05) is 32.8 Å². The van der Waals surface area contributed by atoms with Gasteiger partial charge in [-0.15, -0.1) is 0 Å². The molecule has 0 bridgehead atoms. The summed E-state index contributed by atoms with van der Waals surface area (Å²) in [4.78, 5) is 32.7. The number of carbonyl (C=O) groups excluding carboxylic acids is 2. The molecule has 3 saturated heterocycles. The number of alkyl halides is 3. The third-order valence-electron chi connectivity index (χ3n) is 9.91. The summed E-state index contributed by atoms with van der Waals surface area (Å²) >= 11 is 0. The number of halogens is 3. The highest BCUT2D eigenvalue weighted by Gasteiger charge is 2.73. The molecule has 7 nitrogen and oxygen atoms in total. The largest absolute Gasteiger partial charge is 0.421 e. The standard InChI is InChI=1S/C31H43F3N4O3/c1-5-30-19-29(20-36(28(40)38(29)21(2)3)18-23-12-15-41-16-13-23)17-26(30)37(30)14-11-25(24-9-7-6-8-10-24)35-27(39)22(4)31(32,33)34/h6-10,21,23,25-26H,4-5,11-20H2,1-3H3,(H,35,39)/t25-,26?,29?,30?,37?/m0/s1. The maximum Gasteiger partial charge on any atom is 0.421 e. The third-order valence-corrected chi connectivity index (χ3v) is 9.91. The molecule has 4 aliphatic rings. The molecule has 0 aromatic heterocycles. The van der Waals surface area contributed by atoms with Crippen LogP contribution in [-0.4, -0.2) is 88.8 Å². The highest BCUT2D eigenvalue weighted by molar-refractivity contribution is 5.94. The van der Waals surface area contributed by atoms with Crippen molar-refractivity contribution in [3.05, 3.63) is 48.0 Å². The monoisotopic (exact) mass is 576 g/mol. The first kappa shape index (κ1) is 29.9. The van der Waals surface area contributed by atoms with E-state index in [0.29, 0.717) is 24.9 Å². The van der Waals surface area contributed by atoms with Crippen molar-refractivity contribution in [2.45, 2.75) is 94.7 Å². The van der Waals surface area contributed by atoms with Gasteiger partial charge >= 0.3 is 12.2 Å². The Morgan fingerprint density at radius 1 is 1.20 bits per heavy atom. The number of amides is 3. The Balaban J connectivity index is 1.27. The fourth-order valence-corrected chi connectivity index (χ4v) is 7.93. The van der Waals surface area contributed by atoms with E-state index in [2.05, 4.69) is 47.4 Å². The summed E-state index contributed by atoms with van der Waals surface area (Å²) in [6, 6.07) is 9.11. The molecule has 5 rings (SSSR count). The molecule has 1 N–H and O–H groups in total. The van der Waals surface area contributed by atoms with E-state index >= 15 is 0 Å². The highest BCUT2D eigenvalue weighted by atomic mass is 19.4. The molecular formula is C31H43F3N4O3. The molecule has 3 heterocycles. The van der Waals surface area contributed by atoms with Crippen LogP contribution in [0.25, 0.3) is 0 Å². The first-order valence-electron chi connectivity index (χ1n) is 15.0. The minimum absolute atomic E-state index is 0.0388. The van der Waals surface area contributed by atoms with Crippen LogP contribution in [0.1, 0.15) is 70.9 Å². The van der Waals surface area contributed by atoms with Crippen molar-refractivity contribution in [1.82, 2.24) is 20.0 Å². The first-order chi connectivity index (χ1) is 19.4. The number of fused-ring (bicyclic) bond motifs is 1. The van der Waals surface area contributed by atoms with Gasteiger partial charge in [-0.1, -0.05) is 43.8 Å². The number of hydrogen-bond donors (Lipinski definition) is 1. The first-order valence-corrected chi connectivity index (χ1v) is 15.0. The molecular weight excluding hydrogens is 533 g/mol. The lowest BCUT2D eigenvalue weighted by Crippen LogP contribution is -2.52. The number of hydrogen-bond acceptors (Lipinski definition) is 4. The Morgan fingerprint density at radius 3 is 2.46 bits per heavy atom. The van der Waals surface area contributed by atoms with Crippen LogP contribution in [0, 0.1) is 5.92 Å². The van der Waals surface area contributed by atoms with Crippen molar-refractivity contribution >= 4 is 11.9 Å². The molecule has 3 amide bonds. The number of carbonyl (C=O) groups is 2. The average Bonchev–Trinajstić information content (AvgIpc) is 3.22. The van der Waals surface area contributed by atoms with Gasteiger partial charge in [0.15, 0.2) is 0 Å². The quantitative estimate of drug-likeness (QED) is 0.304. The number of nitrogens with zero attached hydrogens (tertiary/aromatic N) is 3. The summed E-state index contributed by atoms with van der Waals surface area (Å²) in [6.07, 6.45) is 0.404. The molecule has 41 heavy (non-hydrogen) atoms. The molecule has 226 valence electrons. The maximum absolute atomic E-state index is 13.7. The lowest BCUT2D eigenvalue weighted by molar-refractivity contribution is -0.131. The van der Waals surface area contributed by atoms with E-state index in [1.165, 1.54) is 0 Å². The van der Waals surface area contributed by atoms with Crippen molar-refractivity contribution in [3.63, 3.8) is 0 Å². The van der Waals surface area contributed by atoms with Gasteiger partial charge in [0.05, 0.1) is 11.6 Å². The lowest BCUT2D eigenvalue weighted by atomic mass is 9.89. The molecule has 1 aromatic rings. The normalized spacial score (nSPS) is 30.7. The van der Waals surface area contributed by atoms with Crippen LogP contribution in [0.15, 0.2) is 42.5 Å². The van der Waals surface area contributed by atoms with Crippen molar-refractivity contribution in [3.8, 4) is 0 Å². The van der Waals surface area contributed by atoms with E-state index in [9.17, 15) is 22.8 Å². The predicted octanol–water partition coefficient (Wildman–Crippen LogP) is 5.29. The van der Waals surface area contributed by atoms with Gasteiger partial charge in [-0.25, -0.2) is 4.79 Å². The zero-order chi connectivity index (χ0) is 29.6. The van der Waals surface area contributed by atoms with Crippen molar-refractivity contribution < 1.29 is 27.5 Å². The third kappa shape index (κ3) is 5.61. The number of likely N-dealkylation sites (tertiary alicyclic amines) is 1. The fraction of sp³-hybridized carbons (Fsp3) is 0.677. The van der Waals surface area contributed by atoms with Gasteiger partial charge in [-0.3, -0.25) is 9.69 Å². The van der Waals surface area contributed by atoms with Crippen LogP contribution in [-0.2, 0) is 9.53 Å². The van der Waals surface area contributed by atoms with E-state index in [4.69, 9.17) is 4.74 Å². The zero-order valence-corrected chi connectivity index (χ0v) is 24.4. The summed E-state index contributed by atoms with van der Waals surface area (Å²) in [7, 11) is 0. The van der Waals surface area contributed by atoms with Gasteiger partial charge < -0.3 is 19.9 Å². The molecule has 10 heteroatoms. The Morgan fingerprint density at radius 2 is 1.88 bits per heavy atom. The Bertz CT molecular complexity index is 1140. The molecule has 1 aliphatic carbocycles. The Labute approximate surface area is 241 Å². The summed E-state index contributed by atoms with van der Waals surface area (Å²) in [6.45, 7) is 13.0. The van der Waals surface area contributed by atoms with Gasteiger partial charge in [-0.05, 0) is 63.9 Å². The van der Waals surface area contributed by atoms with Crippen LogP contribution in [0.5, 0.6) is 0 Å². The van der Waals surface area contributed by atoms with Gasteiger partial charge in [0, 0.05) is 50.5 Å². The average molecular weight is 577 g/mol. The van der Waals surface area contributed by atoms with E-state index in [-0.39, 0.29) is 23.2 Å². The summed E-state index contributed by atoms with van der Waals surface area (Å²) in [5, 5.41) is 2.59. The number of piperidine rings is 1. The minimum atomic E-state index is -4.78. The highest BCUT2D eigenvalue weighted by Crippen LogP contribution is 2.62. The molecule has 4 fully saturated rings. The van der Waals surface area contributed by atoms with Crippen LogP contribution < -0.4 is 5.32 Å². The second-order valence-electron chi connectivity index (χ2n) is 12.7. The number of nitrogens with one attached hydrogen (secondary N) is 1. The fourth-order valence-electron chi connectivity index (χ4n) is 7.93. The molecule has 1 saturated carbocycles. The Hall–Kier alpha value is -2.59. The number of rotatable bonds is 10. The van der Waals surface area contributed by atoms with Crippen LogP contribution in [0.3, 0.4) is 0 Å². The van der Waals surface area contributed by atoms with E-state index in [1.807, 2.05) is 30.3 Å². The van der Waals surface area contributed by atoms with Crippen LogP contribution in [0.4, 0.5) is 18.0 Å². The number of benzene rings is 1. The summed E-state index contributed by atoms with van der Waals surface area (Å²) in [5.41, 5.74) is -0.867. The van der Waals surface area contributed by atoms with Crippen molar-refractivity contribution in [2.24, 2.45) is 5.92 Å². The second kappa shape index (κ2) is 11.2. The molecule has 0 radical (unpaired) electrons. The summed E-state index contributed by atoms with van der Waals surface area (Å²) < 4.78 is 45.0. The maximum atomic E-state index is 13.7. The molecule has 5 atom stereocenters. The van der Waals surface area contributed by atoms with Gasteiger partial charge in [0.1, 0.15) is 5.57 Å². The van der Waals surface area contributed by atoms with E-state index < -0.39 is 23.7 Å². The van der Waals surface area contributed by atoms with Crippen molar-refractivity contribution in [1.29, 1.82) is 0 Å². The summed E-state index contributed by atoms with van der Waals surface area (Å²) in [5.74, 6) is -0.717. The second-order valence-corrected chi connectivity index (χ2v) is 12.7. The number of urea groups is 1. The van der Waals surface area contributed by atoms with Crippen LogP contribution >= 0.6 is 0 Å². The molecule has 1 spiro atoms. The zero-order valence-electron chi connectivity index (χ0n) is 24.4. The van der Waals surface area contributed by atoms with Gasteiger partial charge in [-0.2, -0.15) is 13.2 Å². The predicted molar refractivity (Wildman–Crippen MR) is 150 cm³/mol. The number of ether oxygens (including phenoxy) is 1. The van der Waals surface area contributed by atoms with Gasteiger partial charge in [0.2, 0.25) is 0 Å². The van der Waals surface area contributed by atoms with Gasteiger partial charge in [0.25, 0.3) is 5.91 Å².